The number of carbonyl (C=O) groups is 5. The summed E-state index contributed by atoms with van der Waals surface area (Å²) in [6.07, 6.45) is 8.81. The molecule has 7 aromatic heterocycles. The molecule has 10 aliphatic rings. The van der Waals surface area contributed by atoms with Gasteiger partial charge in [0.2, 0.25) is 29.5 Å². The number of aryl methyl sites for hydroxylation is 1. The minimum absolute atomic E-state index is 0.0267. The normalized spacial score (nSPS) is 19.9. The first-order valence-corrected chi connectivity index (χ1v) is 52.1. The van der Waals surface area contributed by atoms with Gasteiger partial charge in [-0.05, 0) is 283 Å². The van der Waals surface area contributed by atoms with Gasteiger partial charge in [-0.1, -0.05) is 29.8 Å². The predicted octanol–water partition coefficient (Wildman–Crippen LogP) is 11.9. The Kier molecular flexibility index (Phi) is 34.0. The van der Waals surface area contributed by atoms with Crippen molar-refractivity contribution in [3.05, 3.63) is 292 Å². The number of piperidine rings is 1. The van der Waals surface area contributed by atoms with Crippen molar-refractivity contribution in [1.82, 2.24) is 98.5 Å². The highest BCUT2D eigenvalue weighted by atomic mass is 19.1. The van der Waals surface area contributed by atoms with Gasteiger partial charge in [-0.15, -0.1) is 0 Å². The Labute approximate surface area is 873 Å². The largest absolute Gasteiger partial charge is 0.397 e. The van der Waals surface area contributed by atoms with E-state index in [1.165, 1.54) is 91.2 Å². The maximum atomic E-state index is 13.3. The molecule has 5 amide bonds. The molecule has 150 heavy (non-hydrogen) atoms. The third kappa shape index (κ3) is 26.8. The van der Waals surface area contributed by atoms with Gasteiger partial charge >= 0.3 is 0 Å². The molecule has 22 rings (SSSR count). The number of halogens is 5. The Morgan fingerprint density at radius 1 is 0.393 bits per heavy atom. The predicted molar refractivity (Wildman–Crippen MR) is 572 cm³/mol. The number of fused-ring (bicyclic) bond motifs is 4. The molecule has 786 valence electrons. The summed E-state index contributed by atoms with van der Waals surface area (Å²) in [6.45, 7) is 25.4. The number of hydrogen-bond acceptors (Lipinski definition) is 24. The molecule has 5 aromatic carbocycles. The van der Waals surface area contributed by atoms with Crippen molar-refractivity contribution in [3.8, 4) is 50.8 Å². The van der Waals surface area contributed by atoms with Crippen LogP contribution in [0.15, 0.2) is 213 Å². The van der Waals surface area contributed by atoms with Crippen LogP contribution < -0.4 is 28.7 Å². The van der Waals surface area contributed by atoms with Crippen molar-refractivity contribution in [2.24, 2.45) is 35.5 Å². The lowest BCUT2D eigenvalue weighted by Crippen LogP contribution is -2.49. The van der Waals surface area contributed by atoms with E-state index in [9.17, 15) is 45.9 Å². The SMILES string of the molecule is CN(C)CCN1CC2CN(C(=O)Cc3nc(-c4ccc(F)cc4)ccc3N)CC2C1.CN1CCC(N2CC3CN(C(=O)Cc4nc(-c5ccc(F)cc5)ccc4N)CC3C2)CC1.CN1CCN(Cc2cnc3c(c2)CN(C(=O)Cc2nc(-c4ccc(F)cc4)ccc2N)C3)CC1.Cc1ccc(C2CN(C(=O)Cc3nc(-c4ccc(F)cc4)ccc3N)C2)cc1.Nc1ccc(-n2cccn2)nc1CC(=O)N1CC2CN(CCF)CC2C1. The van der Waals surface area contributed by atoms with Gasteiger partial charge in [-0.2, -0.15) is 5.10 Å². The van der Waals surface area contributed by atoms with E-state index < -0.39 is 0 Å². The van der Waals surface area contributed by atoms with Gasteiger partial charge in [-0.3, -0.25) is 58.7 Å². The fraction of sp³-hybridized carbons (Fsp3) is 0.409. The number of piperazine rings is 1. The molecule has 17 heterocycles. The summed E-state index contributed by atoms with van der Waals surface area (Å²) in [5, 5.41) is 4.16. The number of rotatable bonds is 24. The van der Waals surface area contributed by atoms with Crippen molar-refractivity contribution >= 4 is 58.0 Å². The molecule has 0 bridgehead atoms. The second-order valence-corrected chi connectivity index (χ2v) is 42.1. The summed E-state index contributed by atoms with van der Waals surface area (Å²) >= 11 is 0. The van der Waals surface area contributed by atoms with E-state index in [-0.39, 0.29) is 91.6 Å². The van der Waals surface area contributed by atoms with Crippen molar-refractivity contribution < 1.29 is 45.9 Å². The zero-order valence-corrected chi connectivity index (χ0v) is 86.1. The number of anilines is 5. The highest BCUT2D eigenvalue weighted by Gasteiger charge is 2.46. The number of benzene rings is 5. The number of pyridine rings is 6. The van der Waals surface area contributed by atoms with Crippen molar-refractivity contribution in [1.29, 1.82) is 0 Å². The minimum Gasteiger partial charge on any atom is -0.397 e. The van der Waals surface area contributed by atoms with Gasteiger partial charge in [0.25, 0.3) is 0 Å². The Morgan fingerprint density at radius 2 is 0.760 bits per heavy atom. The first kappa shape index (κ1) is 106. The number of nitrogens with zero attached hydrogens (tertiary/aromatic N) is 20. The molecule has 10 aliphatic heterocycles. The Bertz CT molecular complexity index is 6630. The summed E-state index contributed by atoms with van der Waals surface area (Å²) in [6, 6.07) is 55.6. The van der Waals surface area contributed by atoms with Crippen molar-refractivity contribution in [2.75, 3.05) is 214 Å². The van der Waals surface area contributed by atoms with Gasteiger partial charge in [0, 0.05) is 203 Å². The second-order valence-electron chi connectivity index (χ2n) is 42.1. The van der Waals surface area contributed by atoms with Crippen LogP contribution in [0.2, 0.25) is 0 Å². The second kappa shape index (κ2) is 48.3. The number of carbonyl (C=O) groups excluding carboxylic acids is 5. The van der Waals surface area contributed by atoms with Crippen LogP contribution in [-0.2, 0) is 75.7 Å². The molecule has 9 fully saturated rings. The lowest BCUT2D eigenvalue weighted by molar-refractivity contribution is -0.135. The highest BCUT2D eigenvalue weighted by molar-refractivity contribution is 5.84. The maximum absolute atomic E-state index is 13.3. The van der Waals surface area contributed by atoms with Gasteiger partial charge in [-0.25, -0.2) is 31.6 Å². The first-order chi connectivity index (χ1) is 72.4. The fourth-order valence-corrected chi connectivity index (χ4v) is 22.1. The summed E-state index contributed by atoms with van der Waals surface area (Å²) in [5.41, 5.74) is 47.5. The molecule has 6 atom stereocenters. The molecule has 0 aliphatic carbocycles. The maximum Gasteiger partial charge on any atom is 0.229 e. The zero-order valence-electron chi connectivity index (χ0n) is 86.1. The minimum atomic E-state index is -0.306. The van der Waals surface area contributed by atoms with E-state index in [0.717, 1.165) is 171 Å². The monoisotopic (exact) mass is 2040 g/mol. The van der Waals surface area contributed by atoms with Crippen molar-refractivity contribution in [3.63, 3.8) is 0 Å². The third-order valence-corrected chi connectivity index (χ3v) is 31.0. The van der Waals surface area contributed by atoms with Gasteiger partial charge < -0.3 is 77.7 Å². The van der Waals surface area contributed by atoms with E-state index >= 15 is 0 Å². The number of likely N-dealkylation sites (N-methyl/N-ethyl adjacent to an activating group) is 2. The van der Waals surface area contributed by atoms with Crippen LogP contribution >= 0.6 is 0 Å². The molecule has 0 radical (unpaired) electrons. The number of hydrogen-bond donors (Lipinski definition) is 5. The standard InChI is InChI=1S/C26H29FN6O.C25H32FN5O.C23H30FN5O.C23H22FN3O.C18H23FN6O/c1-31-8-10-32(11-9-31)15-18-12-20-16-33(17-25(20)29-14-18)26(34)13-24-22(28)6-7-23(30-24)19-2-4-21(27)5-3-19;1-29-10-8-21(9-11-29)30-13-18-15-31(16-19(18)14-30)25(32)12-24-22(27)6-7-23(28-24)17-2-4-20(26)5-3-17;1-27(2)9-10-28-12-17-14-29(15-18(17)13-28)23(30)11-22-20(25)7-8-21(26-22)16-3-5-19(24)6-4-16;1-15-2-4-16(5-3-15)18-13-27(14-18)23(28)12-22-20(25)10-11-21(26-22)17-6-8-19(24)9-7-17;19-4-7-23-9-13-11-24(12-14(13)10-23)18(26)8-16-15(20)2-3-17(22-16)25-6-1-5-21-25/h2-7,12,14H,8-11,13,15-17,28H2,1H3;2-7,18-19,21H,8-16,27H2,1H3;3-8,17-18H,9-15,25H2,1-2H3;2-11,18H,12-14,25H2,1H3;1-3,5-6,13-14H,4,7-12,20H2. The first-order valence-electron chi connectivity index (χ1n) is 52.1. The fourth-order valence-electron chi connectivity index (χ4n) is 22.1. The summed E-state index contributed by atoms with van der Waals surface area (Å²) in [7, 11) is 8.56. The lowest BCUT2D eigenvalue weighted by Gasteiger charge is -2.39. The average Bonchev–Trinajstić information content (AvgIpc) is 1.68. The molecule has 12 aromatic rings. The molecule has 35 heteroatoms. The van der Waals surface area contributed by atoms with Crippen LogP contribution in [0, 0.1) is 65.7 Å². The summed E-state index contributed by atoms with van der Waals surface area (Å²) in [4.78, 5) is 118. The summed E-state index contributed by atoms with van der Waals surface area (Å²) in [5.74, 6) is 3.27. The van der Waals surface area contributed by atoms with Gasteiger partial charge in [0.1, 0.15) is 29.9 Å². The highest BCUT2D eigenvalue weighted by Crippen LogP contribution is 2.39. The van der Waals surface area contributed by atoms with E-state index in [1.54, 1.807) is 120 Å². The van der Waals surface area contributed by atoms with E-state index in [0.29, 0.717) is 153 Å². The van der Waals surface area contributed by atoms with Crippen molar-refractivity contribution in [2.45, 2.75) is 83.5 Å². The Morgan fingerprint density at radius 3 is 1.15 bits per heavy atom. The van der Waals surface area contributed by atoms with Crippen LogP contribution in [0.4, 0.5) is 50.4 Å². The van der Waals surface area contributed by atoms with Crippen LogP contribution in [0.1, 0.15) is 75.2 Å². The smallest absolute Gasteiger partial charge is 0.229 e. The summed E-state index contributed by atoms with van der Waals surface area (Å²) < 4.78 is 67.0. The number of amides is 5. The Balaban J connectivity index is 0.000000123. The van der Waals surface area contributed by atoms with E-state index in [1.807, 2.05) is 42.8 Å². The third-order valence-electron chi connectivity index (χ3n) is 31.0. The molecule has 30 nitrogen and oxygen atoms in total. The number of nitrogen functional groups attached to an aromatic ring is 5. The molecular weight excluding hydrogens is 1910 g/mol. The zero-order chi connectivity index (χ0) is 105. The molecular formula is C115H136F5N25O5. The Hall–Kier alpha value is -14.1. The molecule has 10 N–H and O–H groups in total. The average molecular weight is 2040 g/mol. The van der Waals surface area contributed by atoms with Crippen LogP contribution in [-0.4, -0.2) is 319 Å². The van der Waals surface area contributed by atoms with Crippen LogP contribution in [0.5, 0.6) is 0 Å². The topological polar surface area (TPSA) is 349 Å². The van der Waals surface area contributed by atoms with E-state index in [4.69, 9.17) is 28.7 Å². The quantitative estimate of drug-likeness (QED) is 0.0351. The van der Waals surface area contributed by atoms with Crippen LogP contribution in [0.25, 0.3) is 50.8 Å². The molecule has 6 unspecified atom stereocenters. The molecule has 0 saturated carbocycles. The van der Waals surface area contributed by atoms with Crippen LogP contribution in [0.3, 0.4) is 0 Å². The van der Waals surface area contributed by atoms with Gasteiger partial charge in [0.05, 0.1) is 124 Å². The lowest BCUT2D eigenvalue weighted by atomic mass is 9.90. The number of aromatic nitrogens is 8. The molecule has 0 spiro atoms. The van der Waals surface area contributed by atoms with Gasteiger partial charge in [0.15, 0.2) is 5.82 Å². The van der Waals surface area contributed by atoms with E-state index in [2.05, 4.69) is 135 Å². The number of nitrogens with two attached hydrogens (primary N) is 5. The number of likely N-dealkylation sites (tertiary alicyclic amines) is 8. The number of alkyl halides is 1. The molecule has 9 saturated heterocycles.